The fourth-order valence-electron chi connectivity index (χ4n) is 1.80. The van der Waals surface area contributed by atoms with Gasteiger partial charge in [0.25, 0.3) is 0 Å². The van der Waals surface area contributed by atoms with Crippen molar-refractivity contribution >= 4 is 23.0 Å². The number of hydrogen-bond donors (Lipinski definition) is 2. The molecule has 19 heavy (non-hydrogen) atoms. The van der Waals surface area contributed by atoms with E-state index in [0.717, 1.165) is 12.2 Å². The Balaban J connectivity index is 2.34. The molecule has 0 aromatic carbocycles. The van der Waals surface area contributed by atoms with E-state index in [1.165, 1.54) is 4.88 Å². The predicted molar refractivity (Wildman–Crippen MR) is 77.9 cm³/mol. The average Bonchev–Trinajstić information content (AvgIpc) is 2.90. The van der Waals surface area contributed by atoms with Crippen LogP contribution in [-0.2, 0) is 6.54 Å². The first kappa shape index (κ1) is 13.4. The molecular formula is C13H16N4OS. The molecule has 0 aliphatic rings. The highest BCUT2D eigenvalue weighted by Crippen LogP contribution is 2.20. The molecule has 3 N–H and O–H groups in total. The van der Waals surface area contributed by atoms with Gasteiger partial charge in [-0.05, 0) is 30.5 Å². The van der Waals surface area contributed by atoms with Crippen LogP contribution in [-0.4, -0.2) is 23.1 Å². The number of aryl methyl sites for hydroxylation is 1. The summed E-state index contributed by atoms with van der Waals surface area (Å²) in [5.41, 5.74) is 7.22. The van der Waals surface area contributed by atoms with Gasteiger partial charge in [0.05, 0.1) is 12.1 Å². The second kappa shape index (κ2) is 5.71. The number of thiophene rings is 1. The third-order valence-corrected chi connectivity index (χ3v) is 3.59. The monoisotopic (exact) mass is 276 g/mol. The molecule has 2 heterocycles. The van der Waals surface area contributed by atoms with Crippen LogP contribution in [0.2, 0.25) is 0 Å². The van der Waals surface area contributed by atoms with Gasteiger partial charge in [0.15, 0.2) is 5.84 Å². The molecule has 0 atom stereocenters. The SMILES string of the molecule is Cc1ccc(C(N)=NO)c(N(C)Cc2cccs2)n1. The molecule has 2 rings (SSSR count). The van der Waals surface area contributed by atoms with Crippen molar-refractivity contribution in [2.75, 3.05) is 11.9 Å². The molecule has 0 amide bonds. The number of hydrogen-bond acceptors (Lipinski definition) is 5. The lowest BCUT2D eigenvalue weighted by atomic mass is 10.2. The van der Waals surface area contributed by atoms with Crippen LogP contribution in [0.4, 0.5) is 5.82 Å². The summed E-state index contributed by atoms with van der Waals surface area (Å²) in [7, 11) is 1.94. The van der Waals surface area contributed by atoms with Gasteiger partial charge in [-0.15, -0.1) is 11.3 Å². The van der Waals surface area contributed by atoms with E-state index >= 15 is 0 Å². The van der Waals surface area contributed by atoms with Crippen molar-refractivity contribution in [2.24, 2.45) is 10.9 Å². The highest BCUT2D eigenvalue weighted by molar-refractivity contribution is 7.09. The first-order valence-corrected chi connectivity index (χ1v) is 6.69. The van der Waals surface area contributed by atoms with Crippen LogP contribution in [0.25, 0.3) is 0 Å². The number of amidine groups is 1. The van der Waals surface area contributed by atoms with Gasteiger partial charge in [-0.1, -0.05) is 11.2 Å². The second-order valence-corrected chi connectivity index (χ2v) is 5.28. The van der Waals surface area contributed by atoms with Gasteiger partial charge in [-0.3, -0.25) is 0 Å². The van der Waals surface area contributed by atoms with Gasteiger partial charge < -0.3 is 15.8 Å². The average molecular weight is 276 g/mol. The fourth-order valence-corrected chi connectivity index (χ4v) is 2.56. The summed E-state index contributed by atoms with van der Waals surface area (Å²) in [5.74, 6) is 0.782. The molecule has 0 aliphatic heterocycles. The topological polar surface area (TPSA) is 74.7 Å². The first-order valence-electron chi connectivity index (χ1n) is 5.81. The van der Waals surface area contributed by atoms with Gasteiger partial charge in [0.2, 0.25) is 0 Å². The number of nitrogens with zero attached hydrogens (tertiary/aromatic N) is 3. The third-order valence-electron chi connectivity index (χ3n) is 2.73. The van der Waals surface area contributed by atoms with Crippen LogP contribution in [0, 0.1) is 6.92 Å². The maximum atomic E-state index is 8.84. The van der Waals surface area contributed by atoms with Gasteiger partial charge in [-0.25, -0.2) is 4.98 Å². The summed E-state index contributed by atoms with van der Waals surface area (Å²) in [6, 6.07) is 7.75. The third kappa shape index (κ3) is 3.03. The van der Waals surface area contributed by atoms with Crippen molar-refractivity contribution in [1.82, 2.24) is 4.98 Å². The van der Waals surface area contributed by atoms with E-state index in [0.29, 0.717) is 11.4 Å². The Hall–Kier alpha value is -2.08. The number of anilines is 1. The fraction of sp³-hybridized carbons (Fsp3) is 0.231. The molecule has 5 nitrogen and oxygen atoms in total. The lowest BCUT2D eigenvalue weighted by Crippen LogP contribution is -2.23. The van der Waals surface area contributed by atoms with E-state index in [1.54, 1.807) is 11.3 Å². The van der Waals surface area contributed by atoms with E-state index in [-0.39, 0.29) is 5.84 Å². The zero-order chi connectivity index (χ0) is 13.8. The van der Waals surface area contributed by atoms with Crippen LogP contribution in [0.15, 0.2) is 34.8 Å². The predicted octanol–water partition coefficient (Wildman–Crippen LogP) is 2.18. The minimum atomic E-state index is 0.0699. The summed E-state index contributed by atoms with van der Waals surface area (Å²) in [6.07, 6.45) is 0. The van der Waals surface area contributed by atoms with Crippen molar-refractivity contribution in [3.05, 3.63) is 45.8 Å². The first-order chi connectivity index (χ1) is 9.11. The van der Waals surface area contributed by atoms with Crippen LogP contribution in [0.1, 0.15) is 16.1 Å². The van der Waals surface area contributed by atoms with Crippen molar-refractivity contribution in [2.45, 2.75) is 13.5 Å². The van der Waals surface area contributed by atoms with Crippen molar-refractivity contribution < 1.29 is 5.21 Å². The Bertz CT molecular complexity index is 580. The maximum Gasteiger partial charge on any atom is 0.173 e. The number of aromatic nitrogens is 1. The Kier molecular flexibility index (Phi) is 4.01. The lowest BCUT2D eigenvalue weighted by Gasteiger charge is -2.20. The van der Waals surface area contributed by atoms with Crippen molar-refractivity contribution in [3.8, 4) is 0 Å². The largest absolute Gasteiger partial charge is 0.409 e. The van der Waals surface area contributed by atoms with Crippen molar-refractivity contribution in [3.63, 3.8) is 0 Å². The smallest absolute Gasteiger partial charge is 0.173 e. The number of rotatable bonds is 4. The van der Waals surface area contributed by atoms with Gasteiger partial charge in [0.1, 0.15) is 5.82 Å². The summed E-state index contributed by atoms with van der Waals surface area (Å²) < 4.78 is 0. The number of pyridine rings is 1. The molecular weight excluding hydrogens is 260 g/mol. The molecule has 100 valence electrons. The minimum absolute atomic E-state index is 0.0699. The molecule has 0 unspecified atom stereocenters. The van der Waals surface area contributed by atoms with Crippen LogP contribution < -0.4 is 10.6 Å². The van der Waals surface area contributed by atoms with E-state index < -0.39 is 0 Å². The summed E-state index contributed by atoms with van der Waals surface area (Å²) in [5, 5.41) is 13.9. The number of nitrogens with two attached hydrogens (primary N) is 1. The molecule has 0 spiro atoms. The van der Waals surface area contributed by atoms with Gasteiger partial charge in [0, 0.05) is 17.6 Å². The number of oxime groups is 1. The Labute approximate surface area is 116 Å². The molecule has 0 saturated heterocycles. The minimum Gasteiger partial charge on any atom is -0.409 e. The Morgan fingerprint density at radius 2 is 2.26 bits per heavy atom. The summed E-state index contributed by atoms with van der Waals surface area (Å²) in [6.45, 7) is 2.65. The second-order valence-electron chi connectivity index (χ2n) is 4.24. The molecule has 0 fully saturated rings. The van der Waals surface area contributed by atoms with Gasteiger partial charge >= 0.3 is 0 Å². The molecule has 6 heteroatoms. The zero-order valence-corrected chi connectivity index (χ0v) is 11.7. The van der Waals surface area contributed by atoms with E-state index in [4.69, 9.17) is 10.9 Å². The maximum absolute atomic E-state index is 8.84. The molecule has 0 radical (unpaired) electrons. The standard InChI is InChI=1S/C13H16N4OS/c1-9-5-6-11(12(14)16-18)13(15-9)17(2)8-10-4-3-7-19-10/h3-7,18H,8H2,1-2H3,(H2,14,16). The quantitative estimate of drug-likeness (QED) is 0.388. The van der Waals surface area contributed by atoms with Crippen LogP contribution in [0.5, 0.6) is 0 Å². The highest BCUT2D eigenvalue weighted by atomic mass is 32.1. The Morgan fingerprint density at radius 1 is 1.47 bits per heavy atom. The molecule has 2 aromatic rings. The molecule has 0 saturated carbocycles. The van der Waals surface area contributed by atoms with E-state index in [2.05, 4.69) is 16.2 Å². The highest BCUT2D eigenvalue weighted by Gasteiger charge is 2.13. The van der Waals surface area contributed by atoms with Crippen molar-refractivity contribution in [1.29, 1.82) is 0 Å². The summed E-state index contributed by atoms with van der Waals surface area (Å²) in [4.78, 5) is 7.71. The lowest BCUT2D eigenvalue weighted by molar-refractivity contribution is 0.318. The van der Waals surface area contributed by atoms with E-state index in [1.807, 2.05) is 42.5 Å². The molecule has 0 bridgehead atoms. The van der Waals surface area contributed by atoms with Crippen LogP contribution >= 0.6 is 11.3 Å². The van der Waals surface area contributed by atoms with E-state index in [9.17, 15) is 0 Å². The zero-order valence-electron chi connectivity index (χ0n) is 10.9. The Morgan fingerprint density at radius 3 is 2.89 bits per heavy atom. The van der Waals surface area contributed by atoms with Gasteiger partial charge in [-0.2, -0.15) is 0 Å². The molecule has 0 aliphatic carbocycles. The van der Waals surface area contributed by atoms with Crippen LogP contribution in [0.3, 0.4) is 0 Å². The molecule has 2 aromatic heterocycles. The summed E-state index contributed by atoms with van der Waals surface area (Å²) >= 11 is 1.69. The normalized spacial score (nSPS) is 11.6.